The van der Waals surface area contributed by atoms with E-state index in [9.17, 15) is 0 Å². The van der Waals surface area contributed by atoms with Crippen molar-refractivity contribution < 1.29 is 0 Å². The van der Waals surface area contributed by atoms with Gasteiger partial charge in [0.15, 0.2) is 0 Å². The second-order valence-electron chi connectivity index (χ2n) is 4.79. The third kappa shape index (κ3) is 3.47. The number of nitrogens with zero attached hydrogens (tertiary/aromatic N) is 1. The van der Waals surface area contributed by atoms with Gasteiger partial charge in [0.1, 0.15) is 0 Å². The number of nitrogens with one attached hydrogen (secondary N) is 1. The lowest BCUT2D eigenvalue weighted by Gasteiger charge is -2.10. The van der Waals surface area contributed by atoms with Crippen LogP contribution in [0.2, 0.25) is 0 Å². The van der Waals surface area contributed by atoms with Gasteiger partial charge in [0.25, 0.3) is 0 Å². The minimum atomic E-state index is 0.951. The zero-order valence-electron chi connectivity index (χ0n) is 11.3. The molecule has 2 heteroatoms. The lowest BCUT2D eigenvalue weighted by molar-refractivity contribution is 0.630. The summed E-state index contributed by atoms with van der Waals surface area (Å²) < 4.78 is 2.32. The van der Waals surface area contributed by atoms with Crippen LogP contribution in [0, 0.1) is 6.92 Å². The zero-order valence-corrected chi connectivity index (χ0v) is 11.3. The quantitative estimate of drug-likeness (QED) is 0.769. The number of benzene rings is 1. The van der Waals surface area contributed by atoms with Crippen molar-refractivity contribution in [1.29, 1.82) is 0 Å². The van der Waals surface area contributed by atoms with Gasteiger partial charge in [-0.05, 0) is 37.6 Å². The molecule has 0 atom stereocenters. The predicted molar refractivity (Wildman–Crippen MR) is 76.7 cm³/mol. The van der Waals surface area contributed by atoms with E-state index in [4.69, 9.17) is 0 Å². The fourth-order valence-electron chi connectivity index (χ4n) is 2.16. The molecule has 0 saturated carbocycles. The fraction of sp³-hybridized carbons (Fsp3) is 0.375. The predicted octanol–water partition coefficient (Wildman–Crippen LogP) is 3.34. The molecule has 1 N–H and O–H groups in total. The molecule has 2 aromatic rings. The average molecular weight is 242 g/mol. The maximum absolute atomic E-state index is 3.45. The van der Waals surface area contributed by atoms with Crippen molar-refractivity contribution in [2.24, 2.45) is 0 Å². The molecule has 0 unspecified atom stereocenters. The van der Waals surface area contributed by atoms with Gasteiger partial charge in [-0.25, -0.2) is 0 Å². The lowest BCUT2D eigenvalue weighted by atomic mass is 10.1. The smallest absolute Gasteiger partial charge is 0.0473 e. The summed E-state index contributed by atoms with van der Waals surface area (Å²) in [5.74, 6) is 0. The molecule has 0 radical (unpaired) electrons. The van der Waals surface area contributed by atoms with Gasteiger partial charge >= 0.3 is 0 Å². The maximum atomic E-state index is 3.45. The molecule has 0 aliphatic heterocycles. The largest absolute Gasteiger partial charge is 0.346 e. The normalized spacial score (nSPS) is 10.8. The Hall–Kier alpha value is -1.54. The van der Waals surface area contributed by atoms with Crippen LogP contribution in [0.15, 0.2) is 42.6 Å². The molecular weight excluding hydrogens is 220 g/mol. The summed E-state index contributed by atoms with van der Waals surface area (Å²) in [5.41, 5.74) is 4.04. The van der Waals surface area contributed by atoms with Crippen molar-refractivity contribution >= 4 is 0 Å². The first-order chi connectivity index (χ1) is 8.79. The van der Waals surface area contributed by atoms with Crippen molar-refractivity contribution in [2.45, 2.75) is 33.4 Å². The summed E-state index contributed by atoms with van der Waals surface area (Å²) in [7, 11) is 0. The van der Waals surface area contributed by atoms with Gasteiger partial charge in [-0.3, -0.25) is 0 Å². The highest BCUT2D eigenvalue weighted by atomic mass is 15.0. The number of hydrogen-bond donors (Lipinski definition) is 1. The molecule has 0 aliphatic carbocycles. The number of aromatic nitrogens is 1. The molecule has 0 fully saturated rings. The van der Waals surface area contributed by atoms with Crippen LogP contribution < -0.4 is 5.32 Å². The summed E-state index contributed by atoms with van der Waals surface area (Å²) in [4.78, 5) is 0. The summed E-state index contributed by atoms with van der Waals surface area (Å²) in [6, 6.07) is 13.0. The van der Waals surface area contributed by atoms with Gasteiger partial charge in [-0.1, -0.05) is 36.8 Å². The van der Waals surface area contributed by atoms with E-state index in [0.29, 0.717) is 0 Å². The van der Waals surface area contributed by atoms with E-state index >= 15 is 0 Å². The number of aryl methyl sites for hydroxylation is 1. The van der Waals surface area contributed by atoms with Gasteiger partial charge in [0.05, 0.1) is 0 Å². The Morgan fingerprint density at radius 1 is 1.17 bits per heavy atom. The molecule has 18 heavy (non-hydrogen) atoms. The van der Waals surface area contributed by atoms with Gasteiger partial charge in [-0.2, -0.15) is 0 Å². The monoisotopic (exact) mass is 242 g/mol. The van der Waals surface area contributed by atoms with Gasteiger partial charge in [0.2, 0.25) is 0 Å². The SMILES string of the molecule is CCCNCc1cccn1Cc1cccc(C)c1. The molecule has 2 rings (SSSR count). The van der Waals surface area contributed by atoms with Crippen molar-refractivity contribution in [1.82, 2.24) is 9.88 Å². The Bertz CT molecular complexity index is 485. The average Bonchev–Trinajstić information content (AvgIpc) is 2.77. The highest BCUT2D eigenvalue weighted by Gasteiger charge is 2.01. The van der Waals surface area contributed by atoms with Crippen LogP contribution in [0.25, 0.3) is 0 Å². The molecule has 96 valence electrons. The molecule has 0 aliphatic rings. The van der Waals surface area contributed by atoms with Crippen LogP contribution >= 0.6 is 0 Å². The van der Waals surface area contributed by atoms with Crippen LogP contribution in [-0.4, -0.2) is 11.1 Å². The Morgan fingerprint density at radius 2 is 2.06 bits per heavy atom. The first kappa shape index (κ1) is 12.9. The van der Waals surface area contributed by atoms with Crippen molar-refractivity contribution in [2.75, 3.05) is 6.54 Å². The number of hydrogen-bond acceptors (Lipinski definition) is 1. The van der Waals surface area contributed by atoms with Gasteiger partial charge in [0, 0.05) is 25.0 Å². The third-order valence-electron chi connectivity index (χ3n) is 3.09. The second kappa shape index (κ2) is 6.41. The molecule has 0 saturated heterocycles. The van der Waals surface area contributed by atoms with E-state index in [1.807, 2.05) is 0 Å². The molecule has 1 heterocycles. The Morgan fingerprint density at radius 3 is 2.83 bits per heavy atom. The van der Waals surface area contributed by atoms with Crippen LogP contribution in [0.3, 0.4) is 0 Å². The molecule has 0 bridgehead atoms. The Balaban J connectivity index is 2.03. The van der Waals surface area contributed by atoms with Crippen molar-refractivity contribution in [3.05, 3.63) is 59.4 Å². The zero-order chi connectivity index (χ0) is 12.8. The summed E-state index contributed by atoms with van der Waals surface area (Å²) in [6.07, 6.45) is 3.34. The topological polar surface area (TPSA) is 17.0 Å². The summed E-state index contributed by atoms with van der Waals surface area (Å²) in [5, 5.41) is 3.45. The van der Waals surface area contributed by atoms with Crippen LogP contribution in [0.1, 0.15) is 30.2 Å². The standard InChI is InChI=1S/C16H22N2/c1-3-9-17-12-16-8-5-10-18(16)13-15-7-4-6-14(2)11-15/h4-8,10-11,17H,3,9,12-13H2,1-2H3. The van der Waals surface area contributed by atoms with Crippen molar-refractivity contribution in [3.63, 3.8) is 0 Å². The summed E-state index contributed by atoms with van der Waals surface area (Å²) in [6.45, 7) is 7.32. The highest BCUT2D eigenvalue weighted by Crippen LogP contribution is 2.09. The Labute approximate surface area is 110 Å². The summed E-state index contributed by atoms with van der Waals surface area (Å²) >= 11 is 0. The highest BCUT2D eigenvalue weighted by molar-refractivity contribution is 5.23. The van der Waals surface area contributed by atoms with E-state index in [0.717, 1.165) is 19.6 Å². The maximum Gasteiger partial charge on any atom is 0.0473 e. The van der Waals surface area contributed by atoms with E-state index < -0.39 is 0 Å². The molecule has 1 aromatic heterocycles. The fourth-order valence-corrected chi connectivity index (χ4v) is 2.16. The minimum absolute atomic E-state index is 0.951. The first-order valence-electron chi connectivity index (χ1n) is 6.70. The first-order valence-corrected chi connectivity index (χ1v) is 6.70. The minimum Gasteiger partial charge on any atom is -0.346 e. The molecule has 2 nitrogen and oxygen atoms in total. The number of rotatable bonds is 6. The van der Waals surface area contributed by atoms with Crippen LogP contribution in [0.4, 0.5) is 0 Å². The van der Waals surface area contributed by atoms with Crippen LogP contribution in [-0.2, 0) is 13.1 Å². The molecular formula is C16H22N2. The van der Waals surface area contributed by atoms with Gasteiger partial charge in [-0.15, -0.1) is 0 Å². The van der Waals surface area contributed by atoms with Crippen LogP contribution in [0.5, 0.6) is 0 Å². The van der Waals surface area contributed by atoms with E-state index in [-0.39, 0.29) is 0 Å². The van der Waals surface area contributed by atoms with Crippen molar-refractivity contribution in [3.8, 4) is 0 Å². The molecule has 1 aromatic carbocycles. The van der Waals surface area contributed by atoms with E-state index in [1.54, 1.807) is 0 Å². The molecule has 0 spiro atoms. The van der Waals surface area contributed by atoms with E-state index in [2.05, 4.69) is 66.3 Å². The van der Waals surface area contributed by atoms with Gasteiger partial charge < -0.3 is 9.88 Å². The van der Waals surface area contributed by atoms with E-state index in [1.165, 1.54) is 23.2 Å². The Kier molecular flexibility index (Phi) is 4.59. The second-order valence-corrected chi connectivity index (χ2v) is 4.79. The lowest BCUT2D eigenvalue weighted by Crippen LogP contribution is -2.17. The third-order valence-corrected chi connectivity index (χ3v) is 3.09. The molecule has 0 amide bonds.